The quantitative estimate of drug-likeness (QED) is 0.900. The fourth-order valence-corrected chi connectivity index (χ4v) is 1.99. The molecule has 0 atom stereocenters. The minimum atomic E-state index is -1.06. The van der Waals surface area contributed by atoms with E-state index >= 15 is 0 Å². The molecule has 0 aliphatic rings. The lowest BCUT2D eigenvalue weighted by Crippen LogP contribution is -2.45. The van der Waals surface area contributed by atoms with Crippen LogP contribution in [0.25, 0.3) is 0 Å². The average Bonchev–Trinajstić information content (AvgIpc) is 2.44. The molecule has 0 aliphatic heterocycles. The van der Waals surface area contributed by atoms with Crippen molar-refractivity contribution in [1.82, 2.24) is 4.90 Å². The molecule has 1 aromatic carbocycles. The van der Waals surface area contributed by atoms with Crippen molar-refractivity contribution < 1.29 is 14.7 Å². The van der Waals surface area contributed by atoms with Gasteiger partial charge in [-0.3, -0.25) is 9.69 Å². The maximum absolute atomic E-state index is 12.5. The third-order valence-electron chi connectivity index (χ3n) is 2.85. The Kier molecular flexibility index (Phi) is 5.73. The number of carbonyl (C=O) groups is 2. The average molecular weight is 289 g/mol. The highest BCUT2D eigenvalue weighted by Crippen LogP contribution is 2.19. The van der Waals surface area contributed by atoms with Gasteiger partial charge in [-0.15, -0.1) is 0 Å². The SMILES string of the molecule is CC(C)CN(CC(=O)O)C(=O)N(C)c1ccccc1C#N. The smallest absolute Gasteiger partial charge is 0.324 e. The van der Waals surface area contributed by atoms with Crippen molar-refractivity contribution in [1.29, 1.82) is 5.26 Å². The van der Waals surface area contributed by atoms with Crippen molar-refractivity contribution >= 4 is 17.7 Å². The van der Waals surface area contributed by atoms with E-state index in [2.05, 4.69) is 0 Å². The molecule has 112 valence electrons. The Hall–Kier alpha value is -2.55. The second-order valence-electron chi connectivity index (χ2n) is 5.14. The van der Waals surface area contributed by atoms with Crippen LogP contribution < -0.4 is 4.90 Å². The van der Waals surface area contributed by atoms with E-state index < -0.39 is 12.0 Å². The van der Waals surface area contributed by atoms with Crippen LogP contribution >= 0.6 is 0 Å². The van der Waals surface area contributed by atoms with Crippen LogP contribution in [0.5, 0.6) is 0 Å². The monoisotopic (exact) mass is 289 g/mol. The van der Waals surface area contributed by atoms with Gasteiger partial charge in [-0.2, -0.15) is 5.26 Å². The highest BCUT2D eigenvalue weighted by atomic mass is 16.4. The summed E-state index contributed by atoms with van der Waals surface area (Å²) in [6, 6.07) is 8.30. The summed E-state index contributed by atoms with van der Waals surface area (Å²) in [5.41, 5.74) is 0.831. The molecule has 0 saturated heterocycles. The molecule has 0 unspecified atom stereocenters. The number of nitriles is 1. The van der Waals surface area contributed by atoms with Gasteiger partial charge in [-0.05, 0) is 18.1 Å². The van der Waals surface area contributed by atoms with E-state index in [0.29, 0.717) is 17.8 Å². The van der Waals surface area contributed by atoms with E-state index in [1.54, 1.807) is 24.3 Å². The molecule has 1 aromatic rings. The lowest BCUT2D eigenvalue weighted by atomic mass is 10.2. The highest BCUT2D eigenvalue weighted by Gasteiger charge is 2.23. The number of rotatable bonds is 5. The van der Waals surface area contributed by atoms with Gasteiger partial charge in [0.05, 0.1) is 11.3 Å². The first-order valence-corrected chi connectivity index (χ1v) is 6.60. The Morgan fingerprint density at radius 1 is 1.33 bits per heavy atom. The zero-order valence-electron chi connectivity index (χ0n) is 12.4. The molecule has 1 N–H and O–H groups in total. The molecule has 21 heavy (non-hydrogen) atoms. The van der Waals surface area contributed by atoms with Gasteiger partial charge in [0, 0.05) is 13.6 Å². The fourth-order valence-electron chi connectivity index (χ4n) is 1.99. The van der Waals surface area contributed by atoms with Gasteiger partial charge in [0.1, 0.15) is 12.6 Å². The van der Waals surface area contributed by atoms with Crippen LogP contribution in [0, 0.1) is 17.2 Å². The molecule has 0 radical (unpaired) electrons. The van der Waals surface area contributed by atoms with Crippen LogP contribution in [-0.4, -0.2) is 42.1 Å². The number of carboxylic acids is 1. The summed E-state index contributed by atoms with van der Waals surface area (Å²) >= 11 is 0. The van der Waals surface area contributed by atoms with Crippen molar-refractivity contribution in [3.8, 4) is 6.07 Å². The van der Waals surface area contributed by atoms with Crippen LogP contribution in [0.1, 0.15) is 19.4 Å². The maximum atomic E-state index is 12.5. The highest BCUT2D eigenvalue weighted by molar-refractivity contribution is 5.94. The summed E-state index contributed by atoms with van der Waals surface area (Å²) in [5.74, 6) is -0.918. The first-order valence-electron chi connectivity index (χ1n) is 6.60. The van der Waals surface area contributed by atoms with Crippen LogP contribution in [0.4, 0.5) is 10.5 Å². The minimum Gasteiger partial charge on any atom is -0.480 e. The van der Waals surface area contributed by atoms with Crippen LogP contribution in [0.15, 0.2) is 24.3 Å². The van der Waals surface area contributed by atoms with E-state index in [-0.39, 0.29) is 12.5 Å². The molecule has 0 spiro atoms. The summed E-state index contributed by atoms with van der Waals surface area (Å²) < 4.78 is 0. The summed E-state index contributed by atoms with van der Waals surface area (Å²) in [5, 5.41) is 18.0. The predicted octanol–water partition coefficient (Wildman–Crippen LogP) is 2.16. The Bertz CT molecular complexity index is 564. The molecule has 0 aromatic heterocycles. The van der Waals surface area contributed by atoms with E-state index in [0.717, 1.165) is 0 Å². The van der Waals surface area contributed by atoms with Gasteiger partial charge < -0.3 is 10.0 Å². The van der Waals surface area contributed by atoms with Crippen molar-refractivity contribution in [3.63, 3.8) is 0 Å². The number of aliphatic carboxylic acids is 1. The van der Waals surface area contributed by atoms with Gasteiger partial charge in [0.2, 0.25) is 0 Å². The predicted molar refractivity (Wildman–Crippen MR) is 79.0 cm³/mol. The van der Waals surface area contributed by atoms with Gasteiger partial charge in [-0.1, -0.05) is 26.0 Å². The van der Waals surface area contributed by atoms with Crippen LogP contribution in [-0.2, 0) is 4.79 Å². The second-order valence-corrected chi connectivity index (χ2v) is 5.14. The summed E-state index contributed by atoms with van der Waals surface area (Å²) in [4.78, 5) is 25.9. The number of nitrogens with zero attached hydrogens (tertiary/aromatic N) is 3. The molecule has 0 aliphatic carbocycles. The number of benzene rings is 1. The van der Waals surface area contributed by atoms with E-state index in [1.807, 2.05) is 19.9 Å². The lowest BCUT2D eigenvalue weighted by Gasteiger charge is -2.28. The van der Waals surface area contributed by atoms with Gasteiger partial charge >= 0.3 is 12.0 Å². The summed E-state index contributed by atoms with van der Waals surface area (Å²) in [7, 11) is 1.54. The Morgan fingerprint density at radius 3 is 2.48 bits per heavy atom. The van der Waals surface area contributed by atoms with E-state index in [1.165, 1.54) is 16.8 Å². The van der Waals surface area contributed by atoms with E-state index in [4.69, 9.17) is 10.4 Å². The Morgan fingerprint density at radius 2 is 1.95 bits per heavy atom. The fraction of sp³-hybridized carbons (Fsp3) is 0.400. The number of carbonyl (C=O) groups excluding carboxylic acids is 1. The van der Waals surface area contributed by atoms with E-state index in [9.17, 15) is 9.59 Å². The number of anilines is 1. The normalized spacial score (nSPS) is 10.0. The first-order chi connectivity index (χ1) is 9.86. The molecule has 2 amide bonds. The largest absolute Gasteiger partial charge is 0.480 e. The lowest BCUT2D eigenvalue weighted by molar-refractivity contribution is -0.137. The van der Waals surface area contributed by atoms with Crippen molar-refractivity contribution in [3.05, 3.63) is 29.8 Å². The molecule has 6 nitrogen and oxygen atoms in total. The number of urea groups is 1. The standard InChI is InChI=1S/C15H19N3O3/c1-11(2)9-18(10-14(19)20)15(21)17(3)13-7-5-4-6-12(13)8-16/h4-7,11H,9-10H2,1-3H3,(H,19,20). The van der Waals surface area contributed by atoms with Gasteiger partial charge in [0.15, 0.2) is 0 Å². The first kappa shape index (κ1) is 16.5. The Balaban J connectivity index is 3.02. The van der Waals surface area contributed by atoms with Crippen molar-refractivity contribution in [2.45, 2.75) is 13.8 Å². The number of hydrogen-bond donors (Lipinski definition) is 1. The van der Waals surface area contributed by atoms with Gasteiger partial charge in [0.25, 0.3) is 0 Å². The molecule has 0 heterocycles. The Labute approximate surface area is 124 Å². The second kappa shape index (κ2) is 7.29. The topological polar surface area (TPSA) is 84.6 Å². The molecular weight excluding hydrogens is 270 g/mol. The number of para-hydroxylation sites is 1. The van der Waals surface area contributed by atoms with Crippen molar-refractivity contribution in [2.24, 2.45) is 5.92 Å². The van der Waals surface area contributed by atoms with Crippen molar-refractivity contribution in [2.75, 3.05) is 25.0 Å². The van der Waals surface area contributed by atoms with Crippen LogP contribution in [0.3, 0.4) is 0 Å². The summed E-state index contributed by atoms with van der Waals surface area (Å²) in [6.07, 6.45) is 0. The molecule has 0 saturated carbocycles. The van der Waals surface area contributed by atoms with Gasteiger partial charge in [-0.25, -0.2) is 4.79 Å². The molecule has 0 fully saturated rings. The molecule has 6 heteroatoms. The number of amides is 2. The molecule has 1 rings (SSSR count). The summed E-state index contributed by atoms with van der Waals surface area (Å²) in [6.45, 7) is 3.79. The zero-order valence-corrected chi connectivity index (χ0v) is 12.4. The maximum Gasteiger partial charge on any atom is 0.324 e. The molecular formula is C15H19N3O3. The zero-order chi connectivity index (χ0) is 16.0. The minimum absolute atomic E-state index is 0.146. The third kappa shape index (κ3) is 4.49. The molecule has 0 bridgehead atoms. The number of carboxylic acid groups (broad SMARTS) is 1. The third-order valence-corrected chi connectivity index (χ3v) is 2.85. The van der Waals surface area contributed by atoms with Crippen LogP contribution in [0.2, 0.25) is 0 Å². The number of hydrogen-bond acceptors (Lipinski definition) is 3.